The topological polar surface area (TPSA) is 58.6 Å². The molecule has 22 heavy (non-hydrogen) atoms. The molecule has 0 aliphatic carbocycles. The minimum absolute atomic E-state index is 0.152. The maximum absolute atomic E-state index is 12.1. The van der Waals surface area contributed by atoms with E-state index in [-0.39, 0.29) is 11.3 Å². The number of nitrogens with zero attached hydrogens (tertiary/aromatic N) is 1. The minimum atomic E-state index is -0.392. The second-order valence-electron chi connectivity index (χ2n) is 6.32. The average molecular weight is 302 g/mol. The number of ether oxygens (including phenoxy) is 1. The summed E-state index contributed by atoms with van der Waals surface area (Å²) in [7, 11) is 1.63. The Balaban J connectivity index is 2.56. The summed E-state index contributed by atoms with van der Waals surface area (Å²) in [6, 6.07) is 3.41. The molecule has 0 unspecified atom stereocenters. The molecule has 1 aliphatic heterocycles. The predicted molar refractivity (Wildman–Crippen MR) is 87.3 cm³/mol. The SMILES string of the molecule is C=Cc1cc(N2CCC(=O)NC2=O)cc(C(C)(C)C)c1OC. The third-order valence-corrected chi connectivity index (χ3v) is 3.70. The number of amides is 3. The van der Waals surface area contributed by atoms with E-state index in [1.54, 1.807) is 18.1 Å². The molecule has 0 radical (unpaired) electrons. The third-order valence-electron chi connectivity index (χ3n) is 3.70. The number of imide groups is 1. The van der Waals surface area contributed by atoms with Crippen molar-refractivity contribution < 1.29 is 14.3 Å². The molecule has 0 aromatic heterocycles. The molecule has 5 heteroatoms. The maximum Gasteiger partial charge on any atom is 0.328 e. The highest BCUT2D eigenvalue weighted by Crippen LogP contribution is 2.38. The first-order valence-corrected chi connectivity index (χ1v) is 7.24. The largest absolute Gasteiger partial charge is 0.496 e. The molecule has 5 nitrogen and oxygen atoms in total. The van der Waals surface area contributed by atoms with Crippen LogP contribution < -0.4 is 15.0 Å². The monoisotopic (exact) mass is 302 g/mol. The number of carbonyl (C=O) groups excluding carboxylic acids is 2. The molecule has 0 bridgehead atoms. The van der Waals surface area contributed by atoms with Gasteiger partial charge in [0.15, 0.2) is 0 Å². The molecule has 0 spiro atoms. The van der Waals surface area contributed by atoms with E-state index in [9.17, 15) is 9.59 Å². The van der Waals surface area contributed by atoms with Crippen LogP contribution in [-0.4, -0.2) is 25.6 Å². The second kappa shape index (κ2) is 5.83. The number of methoxy groups -OCH3 is 1. The summed E-state index contributed by atoms with van der Waals surface area (Å²) < 4.78 is 5.54. The summed E-state index contributed by atoms with van der Waals surface area (Å²) in [5, 5.41) is 2.34. The number of hydrogen-bond donors (Lipinski definition) is 1. The maximum atomic E-state index is 12.1. The number of carbonyl (C=O) groups is 2. The first-order chi connectivity index (χ1) is 10.3. The lowest BCUT2D eigenvalue weighted by Crippen LogP contribution is -2.49. The van der Waals surface area contributed by atoms with Gasteiger partial charge in [0, 0.05) is 29.8 Å². The Morgan fingerprint density at radius 3 is 2.50 bits per heavy atom. The van der Waals surface area contributed by atoms with Crippen LogP contribution >= 0.6 is 0 Å². The smallest absolute Gasteiger partial charge is 0.328 e. The van der Waals surface area contributed by atoms with Crippen LogP contribution in [0.3, 0.4) is 0 Å². The van der Waals surface area contributed by atoms with Crippen molar-refractivity contribution in [2.24, 2.45) is 0 Å². The van der Waals surface area contributed by atoms with Crippen molar-refractivity contribution in [1.82, 2.24) is 5.32 Å². The van der Waals surface area contributed by atoms with Gasteiger partial charge < -0.3 is 4.74 Å². The summed E-state index contributed by atoms with van der Waals surface area (Å²) in [5.41, 5.74) is 2.41. The van der Waals surface area contributed by atoms with Crippen molar-refractivity contribution in [2.75, 3.05) is 18.6 Å². The summed E-state index contributed by atoms with van der Waals surface area (Å²) in [6.07, 6.45) is 2.01. The average Bonchev–Trinajstić information content (AvgIpc) is 2.44. The van der Waals surface area contributed by atoms with Gasteiger partial charge in [-0.15, -0.1) is 0 Å². The quantitative estimate of drug-likeness (QED) is 0.933. The van der Waals surface area contributed by atoms with Crippen molar-refractivity contribution in [2.45, 2.75) is 32.6 Å². The summed E-state index contributed by atoms with van der Waals surface area (Å²) in [5.74, 6) is 0.523. The molecular weight excluding hydrogens is 280 g/mol. The standard InChI is InChI=1S/C17H22N2O3/c1-6-11-9-12(19-8-7-14(20)18-16(19)21)10-13(15(11)22-5)17(2,3)4/h6,9-10H,1,7-8H2,2-5H3,(H,18,20,21). The fourth-order valence-corrected chi connectivity index (χ4v) is 2.54. The van der Waals surface area contributed by atoms with Crippen LogP contribution in [0.5, 0.6) is 5.75 Å². The highest BCUT2D eigenvalue weighted by atomic mass is 16.5. The predicted octanol–water partition coefficient (Wildman–Crippen LogP) is 3.08. The van der Waals surface area contributed by atoms with Gasteiger partial charge in [0.1, 0.15) is 5.75 Å². The summed E-state index contributed by atoms with van der Waals surface area (Å²) >= 11 is 0. The molecule has 1 saturated heterocycles. The van der Waals surface area contributed by atoms with Crippen molar-refractivity contribution in [3.63, 3.8) is 0 Å². The van der Waals surface area contributed by atoms with Gasteiger partial charge in [-0.3, -0.25) is 15.0 Å². The van der Waals surface area contributed by atoms with E-state index < -0.39 is 6.03 Å². The Bertz CT molecular complexity index is 630. The van der Waals surface area contributed by atoms with E-state index >= 15 is 0 Å². The van der Waals surface area contributed by atoms with Crippen molar-refractivity contribution in [3.8, 4) is 5.75 Å². The molecule has 1 aliphatic rings. The van der Waals surface area contributed by atoms with Crippen LogP contribution in [0.4, 0.5) is 10.5 Å². The molecule has 1 N–H and O–H groups in total. The van der Waals surface area contributed by atoms with E-state index in [2.05, 4.69) is 32.7 Å². The first-order valence-electron chi connectivity index (χ1n) is 7.24. The number of rotatable bonds is 3. The Kier molecular flexibility index (Phi) is 4.26. The zero-order chi connectivity index (χ0) is 16.5. The van der Waals surface area contributed by atoms with Gasteiger partial charge in [0.2, 0.25) is 5.91 Å². The minimum Gasteiger partial charge on any atom is -0.496 e. The molecular formula is C17H22N2O3. The van der Waals surface area contributed by atoms with E-state index in [1.807, 2.05) is 12.1 Å². The van der Waals surface area contributed by atoms with E-state index in [0.717, 1.165) is 22.6 Å². The lowest BCUT2D eigenvalue weighted by molar-refractivity contribution is -0.120. The van der Waals surface area contributed by atoms with Crippen LogP contribution in [0.25, 0.3) is 6.08 Å². The van der Waals surface area contributed by atoms with Crippen LogP contribution in [0.15, 0.2) is 18.7 Å². The van der Waals surface area contributed by atoms with Gasteiger partial charge in [-0.1, -0.05) is 33.4 Å². The van der Waals surface area contributed by atoms with Gasteiger partial charge >= 0.3 is 6.03 Å². The number of urea groups is 1. The van der Waals surface area contributed by atoms with Crippen LogP contribution in [0.2, 0.25) is 0 Å². The Hall–Kier alpha value is -2.30. The highest BCUT2D eigenvalue weighted by Gasteiger charge is 2.28. The number of benzene rings is 1. The fourth-order valence-electron chi connectivity index (χ4n) is 2.54. The van der Waals surface area contributed by atoms with Gasteiger partial charge in [-0.25, -0.2) is 4.79 Å². The van der Waals surface area contributed by atoms with E-state index in [4.69, 9.17) is 4.74 Å². The van der Waals surface area contributed by atoms with E-state index in [1.165, 1.54) is 0 Å². The van der Waals surface area contributed by atoms with Crippen LogP contribution in [0.1, 0.15) is 38.3 Å². The molecule has 0 atom stereocenters. The first kappa shape index (κ1) is 16.1. The Morgan fingerprint density at radius 1 is 1.32 bits per heavy atom. The Morgan fingerprint density at radius 2 is 2.00 bits per heavy atom. The molecule has 2 rings (SSSR count). The van der Waals surface area contributed by atoms with E-state index in [0.29, 0.717) is 13.0 Å². The third kappa shape index (κ3) is 2.98. The summed E-state index contributed by atoms with van der Waals surface area (Å²) in [6.45, 7) is 10.5. The molecule has 1 heterocycles. The van der Waals surface area contributed by atoms with Gasteiger partial charge in [0.25, 0.3) is 0 Å². The number of anilines is 1. The van der Waals surface area contributed by atoms with Crippen molar-refractivity contribution in [3.05, 3.63) is 29.8 Å². The van der Waals surface area contributed by atoms with Crippen LogP contribution in [0, 0.1) is 0 Å². The lowest BCUT2D eigenvalue weighted by atomic mass is 9.84. The fraction of sp³-hybridized carbons (Fsp3) is 0.412. The molecule has 118 valence electrons. The van der Waals surface area contributed by atoms with Crippen LogP contribution in [-0.2, 0) is 10.2 Å². The summed E-state index contributed by atoms with van der Waals surface area (Å²) in [4.78, 5) is 24.9. The zero-order valence-electron chi connectivity index (χ0n) is 13.5. The second-order valence-corrected chi connectivity index (χ2v) is 6.32. The van der Waals surface area contributed by atoms with Crippen molar-refractivity contribution >= 4 is 23.7 Å². The molecule has 1 aromatic carbocycles. The number of hydrogen-bond acceptors (Lipinski definition) is 3. The molecule has 0 saturated carbocycles. The molecule has 1 fully saturated rings. The van der Waals surface area contributed by atoms with Crippen molar-refractivity contribution in [1.29, 1.82) is 0 Å². The van der Waals surface area contributed by atoms with Gasteiger partial charge in [-0.2, -0.15) is 0 Å². The van der Waals surface area contributed by atoms with Gasteiger partial charge in [-0.05, 0) is 17.5 Å². The lowest BCUT2D eigenvalue weighted by Gasteiger charge is -2.30. The highest BCUT2D eigenvalue weighted by molar-refractivity contribution is 6.05. The molecule has 3 amide bonds. The number of nitrogens with one attached hydrogen (secondary N) is 1. The normalized spacial score (nSPS) is 15.5. The zero-order valence-corrected chi connectivity index (χ0v) is 13.5. The van der Waals surface area contributed by atoms with Gasteiger partial charge in [0.05, 0.1) is 7.11 Å². The Labute approximate surface area is 130 Å². The molecule has 1 aromatic rings.